The fourth-order valence-corrected chi connectivity index (χ4v) is 2.63. The molecule has 0 unspecified atom stereocenters. The summed E-state index contributed by atoms with van der Waals surface area (Å²) in [6.07, 6.45) is 3.08. The Balaban J connectivity index is 2.20. The van der Waals surface area contributed by atoms with Crippen LogP contribution in [0.25, 0.3) is 11.3 Å². The average molecular weight is 247 g/mol. The molecule has 6 nitrogen and oxygen atoms in total. The van der Waals surface area contributed by atoms with E-state index in [1.54, 1.807) is 28.6 Å². The van der Waals surface area contributed by atoms with Gasteiger partial charge in [-0.25, -0.2) is 15.0 Å². The highest BCUT2D eigenvalue weighted by Gasteiger charge is 2.17. The van der Waals surface area contributed by atoms with Crippen LogP contribution in [0.4, 0.5) is 5.95 Å². The molecule has 0 aromatic carbocycles. The summed E-state index contributed by atoms with van der Waals surface area (Å²) in [7, 11) is 0. The lowest BCUT2D eigenvalue weighted by Crippen LogP contribution is -2.22. The van der Waals surface area contributed by atoms with Crippen molar-refractivity contribution in [3.05, 3.63) is 28.8 Å². The van der Waals surface area contributed by atoms with Gasteiger partial charge in [-0.2, -0.15) is 0 Å². The lowest BCUT2D eigenvalue weighted by molar-refractivity contribution is 0.657. The van der Waals surface area contributed by atoms with Gasteiger partial charge in [-0.3, -0.25) is 9.36 Å². The quantitative estimate of drug-likeness (QED) is 0.733. The van der Waals surface area contributed by atoms with E-state index in [0.717, 1.165) is 10.9 Å². The molecule has 0 radical (unpaired) electrons. The first-order chi connectivity index (χ1) is 8.25. The molecule has 1 aliphatic rings. The van der Waals surface area contributed by atoms with E-state index in [4.69, 9.17) is 5.73 Å². The van der Waals surface area contributed by atoms with E-state index in [9.17, 15) is 4.79 Å². The van der Waals surface area contributed by atoms with Gasteiger partial charge in [0.1, 0.15) is 0 Å². The van der Waals surface area contributed by atoms with Gasteiger partial charge in [0.2, 0.25) is 5.95 Å². The van der Waals surface area contributed by atoms with Crippen LogP contribution in [0.1, 0.15) is 0 Å². The Morgan fingerprint density at radius 1 is 1.41 bits per heavy atom. The molecule has 0 amide bonds. The summed E-state index contributed by atoms with van der Waals surface area (Å²) in [4.78, 5) is 24.3. The van der Waals surface area contributed by atoms with Gasteiger partial charge in [0.05, 0.1) is 11.3 Å². The molecule has 2 N–H and O–H groups in total. The van der Waals surface area contributed by atoms with Gasteiger partial charge in [0, 0.05) is 24.7 Å². The van der Waals surface area contributed by atoms with Gasteiger partial charge >= 0.3 is 0 Å². The lowest BCUT2D eigenvalue weighted by Gasteiger charge is -2.04. The van der Waals surface area contributed by atoms with Crippen LogP contribution < -0.4 is 11.3 Å². The molecule has 1 aliphatic heterocycles. The molecular weight excluding hydrogens is 238 g/mol. The first-order valence-corrected chi connectivity index (χ1v) is 6.06. The molecular formula is C10H9N5OS. The van der Waals surface area contributed by atoms with E-state index in [1.807, 2.05) is 0 Å². The zero-order valence-corrected chi connectivity index (χ0v) is 9.65. The van der Waals surface area contributed by atoms with Crippen molar-refractivity contribution in [2.45, 2.75) is 11.7 Å². The average Bonchev–Trinajstić information content (AvgIpc) is 2.78. The minimum Gasteiger partial charge on any atom is -0.368 e. The molecule has 0 saturated heterocycles. The maximum atomic E-state index is 12.2. The maximum Gasteiger partial charge on any atom is 0.263 e. The standard InChI is InChI=1S/C10H9N5OS/c11-9-12-2-1-7(14-9)6-5-13-10-15(8(6)16)3-4-17-10/h1-2,5H,3-4H2,(H2,11,12,14). The lowest BCUT2D eigenvalue weighted by atomic mass is 10.2. The Labute approximate surface area is 101 Å². The predicted octanol–water partition coefficient (Wildman–Crippen LogP) is 0.388. The van der Waals surface area contributed by atoms with Crippen molar-refractivity contribution in [2.75, 3.05) is 11.5 Å². The Morgan fingerprint density at radius 3 is 3.12 bits per heavy atom. The van der Waals surface area contributed by atoms with Crippen LogP contribution >= 0.6 is 11.8 Å². The largest absolute Gasteiger partial charge is 0.368 e. The molecule has 3 heterocycles. The van der Waals surface area contributed by atoms with E-state index < -0.39 is 0 Å². The third-order valence-electron chi connectivity index (χ3n) is 2.51. The molecule has 0 saturated carbocycles. The highest BCUT2D eigenvalue weighted by Crippen LogP contribution is 2.22. The van der Waals surface area contributed by atoms with Gasteiger partial charge in [0.25, 0.3) is 5.56 Å². The van der Waals surface area contributed by atoms with E-state index in [1.165, 1.54) is 6.20 Å². The van der Waals surface area contributed by atoms with Crippen molar-refractivity contribution in [3.8, 4) is 11.3 Å². The van der Waals surface area contributed by atoms with Crippen LogP contribution in [0.3, 0.4) is 0 Å². The Kier molecular flexibility index (Phi) is 2.32. The molecule has 2 aromatic heterocycles. The number of thioether (sulfide) groups is 1. The van der Waals surface area contributed by atoms with E-state index in [2.05, 4.69) is 15.0 Å². The number of fused-ring (bicyclic) bond motifs is 1. The van der Waals surface area contributed by atoms with Crippen molar-refractivity contribution >= 4 is 17.7 Å². The van der Waals surface area contributed by atoms with Crippen LogP contribution in [0.2, 0.25) is 0 Å². The third-order valence-corrected chi connectivity index (χ3v) is 3.48. The van der Waals surface area contributed by atoms with E-state index in [0.29, 0.717) is 17.8 Å². The van der Waals surface area contributed by atoms with Crippen LogP contribution in [-0.2, 0) is 6.54 Å². The van der Waals surface area contributed by atoms with Crippen molar-refractivity contribution in [1.82, 2.24) is 19.5 Å². The second-order valence-corrected chi connectivity index (χ2v) is 4.62. The van der Waals surface area contributed by atoms with Crippen molar-refractivity contribution in [3.63, 3.8) is 0 Å². The first kappa shape index (κ1) is 10.3. The van der Waals surface area contributed by atoms with Gasteiger partial charge in [-0.15, -0.1) is 0 Å². The highest BCUT2D eigenvalue weighted by molar-refractivity contribution is 7.99. The maximum absolute atomic E-state index is 12.2. The van der Waals surface area contributed by atoms with Crippen LogP contribution in [0, 0.1) is 0 Å². The molecule has 0 aliphatic carbocycles. The van der Waals surface area contributed by atoms with Gasteiger partial charge in [-0.1, -0.05) is 11.8 Å². The highest BCUT2D eigenvalue weighted by atomic mass is 32.2. The summed E-state index contributed by atoms with van der Waals surface area (Å²) in [6.45, 7) is 0.695. The number of aromatic nitrogens is 4. The van der Waals surface area contributed by atoms with Gasteiger partial charge in [0.15, 0.2) is 5.16 Å². The number of nitrogen functional groups attached to an aromatic ring is 1. The Morgan fingerprint density at radius 2 is 2.29 bits per heavy atom. The molecule has 0 atom stereocenters. The molecule has 7 heteroatoms. The summed E-state index contributed by atoms with van der Waals surface area (Å²) >= 11 is 1.58. The van der Waals surface area contributed by atoms with Crippen molar-refractivity contribution in [1.29, 1.82) is 0 Å². The summed E-state index contributed by atoms with van der Waals surface area (Å²) < 4.78 is 1.66. The Hall–Kier alpha value is -1.89. The van der Waals surface area contributed by atoms with Gasteiger partial charge in [-0.05, 0) is 6.07 Å². The SMILES string of the molecule is Nc1nccc(-c2cnc3n(c2=O)CCS3)n1. The molecule has 0 spiro atoms. The minimum atomic E-state index is -0.0712. The number of nitrogens with two attached hydrogens (primary N) is 1. The summed E-state index contributed by atoms with van der Waals surface area (Å²) in [5, 5.41) is 0.765. The molecule has 3 rings (SSSR count). The van der Waals surface area contributed by atoms with Crippen LogP contribution in [0.15, 0.2) is 28.4 Å². The van der Waals surface area contributed by atoms with Gasteiger partial charge < -0.3 is 5.73 Å². The summed E-state index contributed by atoms with van der Waals surface area (Å²) in [5.41, 5.74) is 6.41. The van der Waals surface area contributed by atoms with Crippen molar-refractivity contribution < 1.29 is 0 Å². The fourth-order valence-electron chi connectivity index (χ4n) is 1.72. The number of hydrogen-bond acceptors (Lipinski definition) is 6. The fraction of sp³-hybridized carbons (Fsp3) is 0.200. The molecule has 17 heavy (non-hydrogen) atoms. The zero-order valence-electron chi connectivity index (χ0n) is 8.83. The first-order valence-electron chi connectivity index (χ1n) is 5.07. The number of nitrogens with zero attached hydrogens (tertiary/aromatic N) is 4. The van der Waals surface area contributed by atoms with E-state index >= 15 is 0 Å². The molecule has 86 valence electrons. The monoisotopic (exact) mass is 247 g/mol. The number of anilines is 1. The van der Waals surface area contributed by atoms with Crippen molar-refractivity contribution in [2.24, 2.45) is 0 Å². The smallest absolute Gasteiger partial charge is 0.263 e. The normalized spacial score (nSPS) is 13.6. The number of hydrogen-bond donors (Lipinski definition) is 1. The van der Waals surface area contributed by atoms with Crippen LogP contribution in [0.5, 0.6) is 0 Å². The Bertz CT molecular complexity index is 639. The predicted molar refractivity (Wildman–Crippen MR) is 64.7 cm³/mol. The number of rotatable bonds is 1. The van der Waals surface area contributed by atoms with E-state index in [-0.39, 0.29) is 11.5 Å². The topological polar surface area (TPSA) is 86.7 Å². The molecule has 2 aromatic rings. The molecule has 0 fully saturated rings. The second kappa shape index (κ2) is 3.85. The minimum absolute atomic E-state index is 0.0712. The molecule has 0 bridgehead atoms. The zero-order chi connectivity index (χ0) is 11.8. The van der Waals surface area contributed by atoms with Crippen LogP contribution in [-0.4, -0.2) is 25.3 Å². The third kappa shape index (κ3) is 1.68. The summed E-state index contributed by atoms with van der Waals surface area (Å²) in [6, 6.07) is 1.66. The summed E-state index contributed by atoms with van der Waals surface area (Å²) in [5.74, 6) is 1.04. The second-order valence-electron chi connectivity index (χ2n) is 3.56.